The summed E-state index contributed by atoms with van der Waals surface area (Å²) in [5.74, 6) is -0.626. The maximum atomic E-state index is 14.4. The number of benzene rings is 1. The second kappa shape index (κ2) is 11.4. The van der Waals surface area contributed by atoms with Crippen LogP contribution < -0.4 is 10.6 Å². The van der Waals surface area contributed by atoms with Crippen molar-refractivity contribution in [2.24, 2.45) is 11.8 Å². The van der Waals surface area contributed by atoms with Gasteiger partial charge in [0.25, 0.3) is 0 Å². The highest BCUT2D eigenvalue weighted by Gasteiger charge is 2.38. The fraction of sp³-hybridized carbons (Fsp3) is 0.652. The summed E-state index contributed by atoms with van der Waals surface area (Å²) in [5, 5.41) is 6.13. The SMILES string of the molecule is CCOCCCOC(=O)c1ccc(NC(=O)[C@H]2NCCC2C2CCCCC2)cc1F. The third kappa shape index (κ3) is 6.01. The van der Waals surface area contributed by atoms with Crippen molar-refractivity contribution in [1.82, 2.24) is 5.32 Å². The van der Waals surface area contributed by atoms with Crippen molar-refractivity contribution in [2.75, 3.05) is 31.7 Å². The van der Waals surface area contributed by atoms with E-state index in [0.29, 0.717) is 37.2 Å². The Morgan fingerprint density at radius 3 is 2.70 bits per heavy atom. The van der Waals surface area contributed by atoms with Crippen LogP contribution >= 0.6 is 0 Å². The second-order valence-corrected chi connectivity index (χ2v) is 8.15. The highest BCUT2D eigenvalue weighted by atomic mass is 19.1. The molecule has 1 aliphatic carbocycles. The highest BCUT2D eigenvalue weighted by molar-refractivity contribution is 5.96. The summed E-state index contributed by atoms with van der Waals surface area (Å²) in [7, 11) is 0. The van der Waals surface area contributed by atoms with Gasteiger partial charge in [-0.1, -0.05) is 32.1 Å². The number of amides is 1. The first kappa shape index (κ1) is 22.7. The molecule has 0 radical (unpaired) electrons. The van der Waals surface area contributed by atoms with Crippen LogP contribution in [0.1, 0.15) is 62.2 Å². The first-order valence-electron chi connectivity index (χ1n) is 11.2. The molecule has 1 unspecified atom stereocenters. The van der Waals surface area contributed by atoms with Gasteiger partial charge in [0, 0.05) is 25.3 Å². The van der Waals surface area contributed by atoms with Crippen molar-refractivity contribution in [3.8, 4) is 0 Å². The van der Waals surface area contributed by atoms with Gasteiger partial charge in [-0.05, 0) is 49.9 Å². The molecule has 1 saturated carbocycles. The predicted molar refractivity (Wildman–Crippen MR) is 113 cm³/mol. The number of anilines is 1. The zero-order valence-electron chi connectivity index (χ0n) is 17.8. The fourth-order valence-electron chi connectivity index (χ4n) is 4.61. The van der Waals surface area contributed by atoms with Gasteiger partial charge >= 0.3 is 5.97 Å². The maximum Gasteiger partial charge on any atom is 0.341 e. The Bertz CT molecular complexity index is 721. The molecule has 2 aliphatic rings. The van der Waals surface area contributed by atoms with Crippen LogP contribution in [0.4, 0.5) is 10.1 Å². The number of halogens is 1. The minimum Gasteiger partial charge on any atom is -0.462 e. The van der Waals surface area contributed by atoms with Gasteiger partial charge in [0.05, 0.1) is 18.2 Å². The molecule has 2 N–H and O–H groups in total. The molecule has 0 aromatic heterocycles. The second-order valence-electron chi connectivity index (χ2n) is 8.15. The summed E-state index contributed by atoms with van der Waals surface area (Å²) in [6.45, 7) is 4.00. The fourth-order valence-corrected chi connectivity index (χ4v) is 4.61. The number of carbonyl (C=O) groups excluding carboxylic acids is 2. The van der Waals surface area contributed by atoms with Crippen molar-refractivity contribution in [3.05, 3.63) is 29.6 Å². The van der Waals surface area contributed by atoms with E-state index in [1.165, 1.54) is 44.2 Å². The summed E-state index contributed by atoms with van der Waals surface area (Å²) in [6, 6.07) is 3.84. The molecule has 1 aliphatic heterocycles. The van der Waals surface area contributed by atoms with Crippen LogP contribution in [0.3, 0.4) is 0 Å². The van der Waals surface area contributed by atoms with E-state index >= 15 is 0 Å². The number of carbonyl (C=O) groups is 2. The lowest BCUT2D eigenvalue weighted by molar-refractivity contribution is -0.119. The van der Waals surface area contributed by atoms with E-state index in [4.69, 9.17) is 9.47 Å². The molecule has 1 aromatic carbocycles. The van der Waals surface area contributed by atoms with Gasteiger partial charge in [0.1, 0.15) is 5.82 Å². The van der Waals surface area contributed by atoms with Crippen LogP contribution in [0, 0.1) is 17.7 Å². The zero-order valence-corrected chi connectivity index (χ0v) is 17.8. The Morgan fingerprint density at radius 2 is 1.97 bits per heavy atom. The maximum absolute atomic E-state index is 14.4. The van der Waals surface area contributed by atoms with Gasteiger partial charge < -0.3 is 20.1 Å². The summed E-state index contributed by atoms with van der Waals surface area (Å²) < 4.78 is 24.7. The average Bonchev–Trinajstić information content (AvgIpc) is 3.24. The number of nitrogens with one attached hydrogen (secondary N) is 2. The topological polar surface area (TPSA) is 76.7 Å². The van der Waals surface area contributed by atoms with E-state index in [1.54, 1.807) is 6.07 Å². The summed E-state index contributed by atoms with van der Waals surface area (Å²) in [5.41, 5.74) is 0.213. The Balaban J connectivity index is 1.54. The molecule has 7 heteroatoms. The van der Waals surface area contributed by atoms with Crippen LogP contribution in [0.2, 0.25) is 0 Å². The van der Waals surface area contributed by atoms with Crippen LogP contribution in [-0.2, 0) is 14.3 Å². The highest BCUT2D eigenvalue weighted by Crippen LogP contribution is 2.36. The number of hydrogen-bond donors (Lipinski definition) is 2. The van der Waals surface area contributed by atoms with Gasteiger partial charge in [-0.3, -0.25) is 4.79 Å². The molecule has 2 atom stereocenters. The molecule has 6 nitrogen and oxygen atoms in total. The molecule has 0 spiro atoms. The third-order valence-electron chi connectivity index (χ3n) is 6.13. The smallest absolute Gasteiger partial charge is 0.341 e. The van der Waals surface area contributed by atoms with E-state index in [2.05, 4.69) is 10.6 Å². The Morgan fingerprint density at radius 1 is 1.17 bits per heavy atom. The van der Waals surface area contributed by atoms with Crippen molar-refractivity contribution in [3.63, 3.8) is 0 Å². The van der Waals surface area contributed by atoms with E-state index in [-0.39, 0.29) is 24.1 Å². The molecule has 2 fully saturated rings. The number of rotatable bonds is 9. The summed E-state index contributed by atoms with van der Waals surface area (Å²) in [6.07, 6.45) is 7.71. The van der Waals surface area contributed by atoms with Crippen LogP contribution in [0.15, 0.2) is 18.2 Å². The molecule has 1 saturated heterocycles. The van der Waals surface area contributed by atoms with Gasteiger partial charge in [0.2, 0.25) is 5.91 Å². The van der Waals surface area contributed by atoms with E-state index < -0.39 is 11.8 Å². The van der Waals surface area contributed by atoms with Crippen LogP contribution in [0.5, 0.6) is 0 Å². The minimum atomic E-state index is -0.711. The summed E-state index contributed by atoms with van der Waals surface area (Å²) >= 11 is 0. The van der Waals surface area contributed by atoms with Gasteiger partial charge in [-0.25, -0.2) is 9.18 Å². The minimum absolute atomic E-state index is 0.131. The van der Waals surface area contributed by atoms with Crippen molar-refractivity contribution >= 4 is 17.6 Å². The molecule has 1 heterocycles. The summed E-state index contributed by atoms with van der Waals surface area (Å²) in [4.78, 5) is 24.9. The monoisotopic (exact) mass is 420 g/mol. The number of ether oxygens (including phenoxy) is 2. The third-order valence-corrected chi connectivity index (χ3v) is 6.13. The molecule has 166 valence electrons. The van der Waals surface area contributed by atoms with Crippen molar-refractivity contribution < 1.29 is 23.5 Å². The number of hydrogen-bond acceptors (Lipinski definition) is 5. The average molecular weight is 421 g/mol. The van der Waals surface area contributed by atoms with Crippen LogP contribution in [0.25, 0.3) is 0 Å². The standard InChI is InChI=1S/C23H33FN2O4/c1-2-29-13-6-14-30-23(28)19-10-9-17(15-20(19)24)26-22(27)21-18(11-12-25-21)16-7-4-3-5-8-16/h9-10,15-16,18,21,25H,2-8,11-14H2,1H3,(H,26,27)/t18?,21-/m0/s1. The van der Waals surface area contributed by atoms with Gasteiger partial charge in [-0.2, -0.15) is 0 Å². The molecule has 1 amide bonds. The number of esters is 1. The van der Waals surface area contributed by atoms with E-state index in [9.17, 15) is 14.0 Å². The lowest BCUT2D eigenvalue weighted by atomic mass is 9.76. The Hall–Kier alpha value is -1.99. The lowest BCUT2D eigenvalue weighted by Crippen LogP contribution is -2.42. The molecule has 0 bridgehead atoms. The van der Waals surface area contributed by atoms with Crippen molar-refractivity contribution in [2.45, 2.75) is 57.9 Å². The molecular formula is C23H33FN2O4. The van der Waals surface area contributed by atoms with Gasteiger partial charge in [0.15, 0.2) is 0 Å². The lowest BCUT2D eigenvalue weighted by Gasteiger charge is -2.30. The largest absolute Gasteiger partial charge is 0.462 e. The molecule has 30 heavy (non-hydrogen) atoms. The van der Waals surface area contributed by atoms with E-state index in [0.717, 1.165) is 13.0 Å². The van der Waals surface area contributed by atoms with Gasteiger partial charge in [-0.15, -0.1) is 0 Å². The van der Waals surface area contributed by atoms with Crippen molar-refractivity contribution in [1.29, 1.82) is 0 Å². The quantitative estimate of drug-likeness (QED) is 0.468. The first-order valence-corrected chi connectivity index (χ1v) is 11.2. The molecule has 1 aromatic rings. The normalized spacial score (nSPS) is 22.1. The zero-order chi connectivity index (χ0) is 21.3. The van der Waals surface area contributed by atoms with Crippen LogP contribution in [-0.4, -0.2) is 44.3 Å². The Kier molecular flexibility index (Phi) is 8.63. The molecular weight excluding hydrogens is 387 g/mol. The molecule has 3 rings (SSSR count). The Labute approximate surface area is 177 Å². The first-order chi connectivity index (χ1) is 14.6. The predicted octanol–water partition coefficient (Wildman–Crippen LogP) is 3.91. The van der Waals surface area contributed by atoms with E-state index in [1.807, 2.05) is 6.92 Å².